The second-order valence-electron chi connectivity index (χ2n) is 8.77. The van der Waals surface area contributed by atoms with Crippen molar-refractivity contribution in [2.24, 2.45) is 7.05 Å². The predicted octanol–water partition coefficient (Wildman–Crippen LogP) is 5.60. The van der Waals surface area contributed by atoms with Crippen LogP contribution in [0.15, 0.2) is 96.2 Å². The number of hydrogen-bond acceptors (Lipinski definition) is 5. The van der Waals surface area contributed by atoms with Crippen LogP contribution in [0.2, 0.25) is 0 Å². The number of nitrogens with zero attached hydrogens (tertiary/aromatic N) is 4. The largest absolute Gasteiger partial charge is 0.453 e. The third-order valence-corrected chi connectivity index (χ3v) is 6.23. The first-order chi connectivity index (χ1) is 18.9. The Balaban J connectivity index is 1.31. The molecule has 39 heavy (non-hydrogen) atoms. The topological polar surface area (TPSA) is 91.0 Å². The van der Waals surface area contributed by atoms with Crippen molar-refractivity contribution in [3.63, 3.8) is 0 Å². The van der Waals surface area contributed by atoms with Gasteiger partial charge in [-0.25, -0.2) is 18.7 Å². The van der Waals surface area contributed by atoms with E-state index in [1.165, 1.54) is 53.2 Å². The molecule has 0 atom stereocenters. The number of hydrogen-bond donors (Lipinski definition) is 1. The number of nitrogens with one attached hydrogen (secondary N) is 1. The number of aryl methyl sites for hydroxylation is 1. The number of amides is 1. The van der Waals surface area contributed by atoms with Crippen LogP contribution in [0, 0.1) is 11.6 Å². The fourth-order valence-electron chi connectivity index (χ4n) is 4.34. The van der Waals surface area contributed by atoms with Crippen LogP contribution in [0.4, 0.5) is 14.5 Å². The zero-order chi connectivity index (χ0) is 27.1. The molecule has 1 N–H and O–H groups in total. The fourth-order valence-corrected chi connectivity index (χ4v) is 4.34. The summed E-state index contributed by atoms with van der Waals surface area (Å²) >= 11 is 0. The number of rotatable bonds is 5. The van der Waals surface area contributed by atoms with Crippen LogP contribution in [-0.2, 0) is 7.05 Å². The lowest BCUT2D eigenvalue weighted by Gasteiger charge is -2.13. The van der Waals surface area contributed by atoms with Gasteiger partial charge in [0.15, 0.2) is 11.6 Å². The summed E-state index contributed by atoms with van der Waals surface area (Å²) in [6.07, 6.45) is 4.91. The normalized spacial score (nSPS) is 11.2. The molecule has 0 spiro atoms. The van der Waals surface area contributed by atoms with Gasteiger partial charge >= 0.3 is 0 Å². The number of aromatic nitrogens is 4. The molecule has 0 radical (unpaired) electrons. The van der Waals surface area contributed by atoms with Gasteiger partial charge in [0.05, 0.1) is 11.1 Å². The Bertz CT molecular complexity index is 1950. The second-order valence-corrected chi connectivity index (χ2v) is 8.77. The van der Waals surface area contributed by atoms with Crippen molar-refractivity contribution in [2.45, 2.75) is 0 Å². The fraction of sp³-hybridized carbons (Fsp3) is 0.0345. The first kappa shape index (κ1) is 24.0. The molecular weight excluding hydrogens is 504 g/mol. The molecule has 1 amide bonds. The monoisotopic (exact) mass is 523 g/mol. The molecule has 0 aliphatic heterocycles. The van der Waals surface area contributed by atoms with Crippen molar-refractivity contribution in [2.75, 3.05) is 5.32 Å². The SMILES string of the molecule is Cn1ccc2c(Oc3ccc(NC(=O)c4cc5cccnc5n(-c5ccc(F)cc5)c4=O)cc3F)ccnc21. The molecule has 6 aromatic rings. The Morgan fingerprint density at radius 1 is 0.897 bits per heavy atom. The molecule has 10 heteroatoms. The van der Waals surface area contributed by atoms with E-state index in [0.717, 1.165) is 11.5 Å². The highest BCUT2D eigenvalue weighted by atomic mass is 19.1. The van der Waals surface area contributed by atoms with E-state index in [1.807, 2.05) is 23.9 Å². The van der Waals surface area contributed by atoms with E-state index in [0.29, 0.717) is 28.1 Å². The van der Waals surface area contributed by atoms with Crippen LogP contribution < -0.4 is 15.6 Å². The predicted molar refractivity (Wildman–Crippen MR) is 142 cm³/mol. The Morgan fingerprint density at radius 2 is 1.69 bits per heavy atom. The van der Waals surface area contributed by atoms with Crippen molar-refractivity contribution in [3.8, 4) is 17.2 Å². The lowest BCUT2D eigenvalue weighted by Crippen LogP contribution is -2.29. The van der Waals surface area contributed by atoms with E-state index in [1.54, 1.807) is 24.4 Å². The minimum atomic E-state index is -0.741. The highest BCUT2D eigenvalue weighted by Gasteiger charge is 2.19. The van der Waals surface area contributed by atoms with Crippen LogP contribution in [0.25, 0.3) is 27.8 Å². The maximum absolute atomic E-state index is 15.0. The van der Waals surface area contributed by atoms with E-state index in [4.69, 9.17) is 4.74 Å². The molecule has 0 fully saturated rings. The van der Waals surface area contributed by atoms with Crippen molar-refractivity contribution < 1.29 is 18.3 Å². The molecule has 4 heterocycles. The van der Waals surface area contributed by atoms with E-state index in [-0.39, 0.29) is 17.0 Å². The van der Waals surface area contributed by atoms with E-state index in [2.05, 4.69) is 15.3 Å². The van der Waals surface area contributed by atoms with E-state index in [9.17, 15) is 18.4 Å². The summed E-state index contributed by atoms with van der Waals surface area (Å²) in [6, 6.07) is 17.5. The summed E-state index contributed by atoms with van der Waals surface area (Å²) in [7, 11) is 1.84. The van der Waals surface area contributed by atoms with Crippen molar-refractivity contribution in [1.82, 2.24) is 19.1 Å². The second kappa shape index (κ2) is 9.49. The van der Waals surface area contributed by atoms with Crippen LogP contribution in [0.3, 0.4) is 0 Å². The summed E-state index contributed by atoms with van der Waals surface area (Å²) in [6.45, 7) is 0. The van der Waals surface area contributed by atoms with E-state index >= 15 is 0 Å². The zero-order valence-electron chi connectivity index (χ0n) is 20.4. The molecule has 0 saturated heterocycles. The molecule has 2 aromatic carbocycles. The van der Waals surface area contributed by atoms with Gasteiger partial charge in [-0.1, -0.05) is 0 Å². The molecule has 0 saturated carbocycles. The van der Waals surface area contributed by atoms with Gasteiger partial charge in [0.1, 0.15) is 28.4 Å². The van der Waals surface area contributed by atoms with Crippen LogP contribution in [0.5, 0.6) is 11.5 Å². The van der Waals surface area contributed by atoms with Gasteiger partial charge in [-0.3, -0.25) is 14.2 Å². The molecule has 0 aliphatic rings. The average molecular weight is 523 g/mol. The van der Waals surface area contributed by atoms with Gasteiger partial charge in [-0.2, -0.15) is 0 Å². The number of fused-ring (bicyclic) bond motifs is 2. The van der Waals surface area contributed by atoms with Gasteiger partial charge in [-0.05, 0) is 66.7 Å². The number of carbonyl (C=O) groups excluding carboxylic acids is 1. The van der Waals surface area contributed by atoms with Gasteiger partial charge in [0.25, 0.3) is 11.5 Å². The van der Waals surface area contributed by atoms with Crippen molar-refractivity contribution >= 4 is 33.7 Å². The maximum atomic E-state index is 15.0. The highest BCUT2D eigenvalue weighted by molar-refractivity contribution is 6.05. The lowest BCUT2D eigenvalue weighted by atomic mass is 10.1. The number of halogens is 2. The number of ether oxygens (including phenoxy) is 1. The van der Waals surface area contributed by atoms with Gasteiger partial charge in [0.2, 0.25) is 0 Å². The van der Waals surface area contributed by atoms with Gasteiger partial charge in [-0.15, -0.1) is 0 Å². The van der Waals surface area contributed by atoms with Crippen molar-refractivity contribution in [3.05, 3.63) is 119 Å². The summed E-state index contributed by atoms with van der Waals surface area (Å²) in [5.74, 6) is -1.53. The Kier molecular flexibility index (Phi) is 5.84. The first-order valence-corrected chi connectivity index (χ1v) is 11.8. The van der Waals surface area contributed by atoms with Crippen LogP contribution in [0.1, 0.15) is 10.4 Å². The first-order valence-electron chi connectivity index (χ1n) is 11.8. The minimum Gasteiger partial charge on any atom is -0.453 e. The molecular formula is C29H19F2N5O3. The summed E-state index contributed by atoms with van der Waals surface area (Å²) < 4.78 is 37.4. The molecule has 8 nitrogen and oxygen atoms in total. The average Bonchev–Trinajstić information content (AvgIpc) is 3.32. The Labute approximate surface area is 219 Å². The number of anilines is 1. The molecule has 4 aromatic heterocycles. The number of pyridine rings is 3. The lowest BCUT2D eigenvalue weighted by molar-refractivity contribution is 0.102. The Morgan fingerprint density at radius 3 is 2.49 bits per heavy atom. The minimum absolute atomic E-state index is 0.0419. The third-order valence-electron chi connectivity index (χ3n) is 6.23. The third kappa shape index (κ3) is 4.37. The molecule has 192 valence electrons. The summed E-state index contributed by atoms with van der Waals surface area (Å²) in [4.78, 5) is 35.1. The summed E-state index contributed by atoms with van der Waals surface area (Å²) in [5.41, 5.74) is 0.619. The number of benzene rings is 2. The highest BCUT2D eigenvalue weighted by Crippen LogP contribution is 2.31. The smallest absolute Gasteiger partial charge is 0.269 e. The number of carbonyl (C=O) groups is 1. The maximum Gasteiger partial charge on any atom is 0.269 e. The van der Waals surface area contributed by atoms with Crippen LogP contribution in [-0.4, -0.2) is 25.0 Å². The van der Waals surface area contributed by atoms with E-state index < -0.39 is 23.1 Å². The van der Waals surface area contributed by atoms with Gasteiger partial charge in [0, 0.05) is 42.8 Å². The molecule has 0 aliphatic carbocycles. The Hall–Kier alpha value is -5.38. The molecule has 6 rings (SSSR count). The molecule has 0 unspecified atom stereocenters. The zero-order valence-corrected chi connectivity index (χ0v) is 20.4. The molecule has 0 bridgehead atoms. The van der Waals surface area contributed by atoms with Crippen molar-refractivity contribution in [1.29, 1.82) is 0 Å². The standard InChI is InChI=1S/C29H19F2N5O3/c1-35-14-11-21-24(10-13-33-27(21)35)39-25-9-6-19(16-23(25)31)34-28(37)22-15-17-3-2-12-32-26(17)36(29(22)38)20-7-4-18(30)5-8-20/h2-16H,1H3,(H,34,37). The quantitative estimate of drug-likeness (QED) is 0.318. The summed E-state index contributed by atoms with van der Waals surface area (Å²) in [5, 5.41) is 3.82. The van der Waals surface area contributed by atoms with Gasteiger partial charge < -0.3 is 14.6 Å². The van der Waals surface area contributed by atoms with Crippen LogP contribution >= 0.6 is 0 Å².